The standard InChI is InChI=1S/C13H25N3O2/c1-14-12(17)9-16-13(18)10-15-11-7-5-3-2-4-6-8-11/h11,15H,2-10H2,1H3,(H,14,17)(H,16,18). The summed E-state index contributed by atoms with van der Waals surface area (Å²) >= 11 is 0. The lowest BCUT2D eigenvalue weighted by atomic mass is 9.97. The van der Waals surface area contributed by atoms with Crippen molar-refractivity contribution in [3.63, 3.8) is 0 Å². The zero-order valence-electron chi connectivity index (χ0n) is 11.3. The number of hydrogen-bond acceptors (Lipinski definition) is 3. The molecule has 104 valence electrons. The number of carbonyl (C=O) groups excluding carboxylic acids is 2. The summed E-state index contributed by atoms with van der Waals surface area (Å²) in [5, 5.41) is 8.34. The first-order chi connectivity index (χ1) is 8.72. The maximum Gasteiger partial charge on any atom is 0.239 e. The zero-order chi connectivity index (χ0) is 13.2. The van der Waals surface area contributed by atoms with E-state index in [0.717, 1.165) is 12.8 Å². The fourth-order valence-corrected chi connectivity index (χ4v) is 2.23. The maximum atomic E-state index is 11.5. The lowest BCUT2D eigenvalue weighted by Crippen LogP contribution is -2.42. The van der Waals surface area contributed by atoms with Crippen molar-refractivity contribution in [1.82, 2.24) is 16.0 Å². The third-order valence-corrected chi connectivity index (χ3v) is 3.38. The molecule has 1 fully saturated rings. The molecule has 0 aromatic rings. The number of carbonyl (C=O) groups is 2. The van der Waals surface area contributed by atoms with E-state index in [1.807, 2.05) is 0 Å². The van der Waals surface area contributed by atoms with Crippen molar-refractivity contribution in [1.29, 1.82) is 0 Å². The first-order valence-corrected chi connectivity index (χ1v) is 6.93. The van der Waals surface area contributed by atoms with Crippen LogP contribution in [0.25, 0.3) is 0 Å². The summed E-state index contributed by atoms with van der Waals surface area (Å²) in [6.07, 6.45) is 8.77. The molecule has 1 saturated carbocycles. The summed E-state index contributed by atoms with van der Waals surface area (Å²) in [4.78, 5) is 22.5. The summed E-state index contributed by atoms with van der Waals surface area (Å²) < 4.78 is 0. The number of amides is 2. The van der Waals surface area contributed by atoms with Crippen LogP contribution in [0.1, 0.15) is 44.9 Å². The van der Waals surface area contributed by atoms with E-state index in [0.29, 0.717) is 12.6 Å². The first kappa shape index (κ1) is 15.0. The highest BCUT2D eigenvalue weighted by Crippen LogP contribution is 2.16. The van der Waals surface area contributed by atoms with Crippen LogP contribution in [0.3, 0.4) is 0 Å². The van der Waals surface area contributed by atoms with Crippen LogP contribution < -0.4 is 16.0 Å². The van der Waals surface area contributed by atoms with Crippen molar-refractivity contribution in [2.24, 2.45) is 0 Å². The smallest absolute Gasteiger partial charge is 0.239 e. The molecule has 0 unspecified atom stereocenters. The molecule has 0 aromatic heterocycles. The van der Waals surface area contributed by atoms with Gasteiger partial charge in [-0.15, -0.1) is 0 Å². The van der Waals surface area contributed by atoms with Gasteiger partial charge in [0, 0.05) is 13.1 Å². The van der Waals surface area contributed by atoms with Crippen molar-refractivity contribution in [2.45, 2.75) is 51.0 Å². The van der Waals surface area contributed by atoms with Crippen LogP contribution in [0.2, 0.25) is 0 Å². The Morgan fingerprint density at radius 3 is 2.17 bits per heavy atom. The topological polar surface area (TPSA) is 70.2 Å². The SMILES string of the molecule is CNC(=O)CNC(=O)CNC1CCCCCCC1. The molecule has 0 aliphatic heterocycles. The van der Waals surface area contributed by atoms with Crippen LogP contribution in [-0.2, 0) is 9.59 Å². The third kappa shape index (κ3) is 6.59. The third-order valence-electron chi connectivity index (χ3n) is 3.38. The monoisotopic (exact) mass is 255 g/mol. The van der Waals surface area contributed by atoms with Gasteiger partial charge in [0.15, 0.2) is 0 Å². The van der Waals surface area contributed by atoms with Gasteiger partial charge in [0.25, 0.3) is 0 Å². The van der Waals surface area contributed by atoms with E-state index in [-0.39, 0.29) is 18.4 Å². The second kappa shape index (κ2) is 8.91. The molecule has 5 heteroatoms. The summed E-state index contributed by atoms with van der Waals surface area (Å²) in [6.45, 7) is 0.364. The number of rotatable bonds is 5. The van der Waals surface area contributed by atoms with Crippen LogP contribution in [0, 0.1) is 0 Å². The van der Waals surface area contributed by atoms with Gasteiger partial charge in [0.05, 0.1) is 13.1 Å². The van der Waals surface area contributed by atoms with Gasteiger partial charge in [0.2, 0.25) is 11.8 Å². The van der Waals surface area contributed by atoms with Crippen molar-refractivity contribution >= 4 is 11.8 Å². The van der Waals surface area contributed by atoms with E-state index in [4.69, 9.17) is 0 Å². The van der Waals surface area contributed by atoms with Crippen LogP contribution in [0.15, 0.2) is 0 Å². The van der Waals surface area contributed by atoms with Crippen molar-refractivity contribution < 1.29 is 9.59 Å². The second-order valence-electron chi connectivity index (χ2n) is 4.87. The summed E-state index contributed by atoms with van der Waals surface area (Å²) in [7, 11) is 1.56. The second-order valence-corrected chi connectivity index (χ2v) is 4.87. The van der Waals surface area contributed by atoms with Crippen molar-refractivity contribution in [3.05, 3.63) is 0 Å². The highest BCUT2D eigenvalue weighted by Gasteiger charge is 2.12. The number of likely N-dealkylation sites (N-methyl/N-ethyl adjacent to an activating group) is 1. The minimum Gasteiger partial charge on any atom is -0.358 e. The average Bonchev–Trinajstić information content (AvgIpc) is 2.34. The summed E-state index contributed by atoms with van der Waals surface area (Å²) in [5.74, 6) is -0.282. The Morgan fingerprint density at radius 1 is 0.944 bits per heavy atom. The molecule has 18 heavy (non-hydrogen) atoms. The summed E-state index contributed by atoms with van der Waals surface area (Å²) in [6, 6.07) is 0.455. The molecule has 1 aliphatic rings. The Labute approximate surface area is 109 Å². The predicted molar refractivity (Wildman–Crippen MR) is 71.2 cm³/mol. The van der Waals surface area contributed by atoms with Gasteiger partial charge in [-0.05, 0) is 12.8 Å². The lowest BCUT2D eigenvalue weighted by Gasteiger charge is -2.20. The van der Waals surface area contributed by atoms with Crippen LogP contribution >= 0.6 is 0 Å². The predicted octanol–water partition coefficient (Wildman–Crippen LogP) is 0.551. The Hall–Kier alpha value is -1.10. The van der Waals surface area contributed by atoms with Gasteiger partial charge in [-0.25, -0.2) is 0 Å². The van der Waals surface area contributed by atoms with Gasteiger partial charge in [0.1, 0.15) is 0 Å². The maximum absolute atomic E-state index is 11.5. The average molecular weight is 255 g/mol. The van der Waals surface area contributed by atoms with E-state index in [2.05, 4.69) is 16.0 Å². The molecule has 1 aliphatic carbocycles. The fourth-order valence-electron chi connectivity index (χ4n) is 2.23. The van der Waals surface area contributed by atoms with E-state index >= 15 is 0 Å². The normalized spacial score (nSPS) is 17.6. The van der Waals surface area contributed by atoms with E-state index in [1.165, 1.54) is 32.1 Å². The molecule has 0 bridgehead atoms. The Balaban J connectivity index is 2.13. The lowest BCUT2D eigenvalue weighted by molar-refractivity contribution is -0.125. The fraction of sp³-hybridized carbons (Fsp3) is 0.846. The highest BCUT2D eigenvalue weighted by molar-refractivity contribution is 5.85. The van der Waals surface area contributed by atoms with Gasteiger partial charge in [-0.2, -0.15) is 0 Å². The van der Waals surface area contributed by atoms with Crippen LogP contribution in [0.4, 0.5) is 0 Å². The van der Waals surface area contributed by atoms with Gasteiger partial charge >= 0.3 is 0 Å². The van der Waals surface area contributed by atoms with Gasteiger partial charge in [-0.1, -0.05) is 32.1 Å². The van der Waals surface area contributed by atoms with Gasteiger partial charge in [-0.3, -0.25) is 9.59 Å². The molecule has 0 aromatic carbocycles. The molecule has 0 atom stereocenters. The molecule has 0 saturated heterocycles. The van der Waals surface area contributed by atoms with Gasteiger partial charge < -0.3 is 16.0 Å². The minimum absolute atomic E-state index is 0.0572. The largest absolute Gasteiger partial charge is 0.358 e. The Morgan fingerprint density at radius 2 is 1.56 bits per heavy atom. The quantitative estimate of drug-likeness (QED) is 0.672. The van der Waals surface area contributed by atoms with Crippen molar-refractivity contribution in [2.75, 3.05) is 20.1 Å². The van der Waals surface area contributed by atoms with Crippen molar-refractivity contribution in [3.8, 4) is 0 Å². The molecular weight excluding hydrogens is 230 g/mol. The molecule has 0 spiro atoms. The van der Waals surface area contributed by atoms with Crippen LogP contribution in [0.5, 0.6) is 0 Å². The Kier molecular flexibility index (Phi) is 7.41. The van der Waals surface area contributed by atoms with E-state index < -0.39 is 0 Å². The molecule has 0 heterocycles. The van der Waals surface area contributed by atoms with E-state index in [1.54, 1.807) is 7.05 Å². The molecule has 0 radical (unpaired) electrons. The van der Waals surface area contributed by atoms with E-state index in [9.17, 15) is 9.59 Å². The molecule has 5 nitrogen and oxygen atoms in total. The molecule has 2 amide bonds. The number of nitrogens with one attached hydrogen (secondary N) is 3. The molecule has 1 rings (SSSR count). The van der Waals surface area contributed by atoms with Crippen LogP contribution in [-0.4, -0.2) is 38.0 Å². The Bertz CT molecular complexity index is 261. The number of hydrogen-bond donors (Lipinski definition) is 3. The zero-order valence-corrected chi connectivity index (χ0v) is 11.3. The summed E-state index contributed by atoms with van der Waals surface area (Å²) in [5.41, 5.74) is 0. The first-order valence-electron chi connectivity index (χ1n) is 6.93. The molecule has 3 N–H and O–H groups in total. The highest BCUT2D eigenvalue weighted by atomic mass is 16.2. The molecular formula is C13H25N3O2. The minimum atomic E-state index is -0.172.